The third kappa shape index (κ3) is 2.82. The number of hydrogen-bond acceptors (Lipinski definition) is 5. The van der Waals surface area contributed by atoms with Crippen LogP contribution in [0, 0.1) is 0 Å². The molecule has 1 saturated heterocycles. The zero-order valence-corrected chi connectivity index (χ0v) is 16.4. The topological polar surface area (TPSA) is 58.4 Å². The number of carbonyl (C=O) groups excluding carboxylic acids is 1. The molecule has 0 aromatic carbocycles. The predicted molar refractivity (Wildman–Crippen MR) is 105 cm³/mol. The van der Waals surface area contributed by atoms with E-state index in [0.717, 1.165) is 42.1 Å². The van der Waals surface area contributed by atoms with Crippen LogP contribution in [0.25, 0.3) is 10.2 Å². The number of carbonyl (C=O) groups is 1. The van der Waals surface area contributed by atoms with E-state index < -0.39 is 0 Å². The van der Waals surface area contributed by atoms with E-state index in [1.165, 1.54) is 23.3 Å². The van der Waals surface area contributed by atoms with Gasteiger partial charge in [-0.05, 0) is 38.2 Å². The van der Waals surface area contributed by atoms with Crippen LogP contribution in [0.2, 0.25) is 0 Å². The molecule has 26 heavy (non-hydrogen) atoms. The second-order valence-corrected chi connectivity index (χ2v) is 8.16. The number of thiophene rings is 1. The molecule has 3 heterocycles. The van der Waals surface area contributed by atoms with Crippen molar-refractivity contribution >= 4 is 33.4 Å². The van der Waals surface area contributed by atoms with Crippen LogP contribution in [-0.4, -0.2) is 46.5 Å². The van der Waals surface area contributed by atoms with Crippen molar-refractivity contribution in [3.8, 4) is 0 Å². The summed E-state index contributed by atoms with van der Waals surface area (Å²) in [4.78, 5) is 36.4. The van der Waals surface area contributed by atoms with Crippen molar-refractivity contribution in [2.75, 3.05) is 31.1 Å². The van der Waals surface area contributed by atoms with Crippen LogP contribution >= 0.6 is 11.3 Å². The number of hydrogen-bond donors (Lipinski definition) is 0. The van der Waals surface area contributed by atoms with E-state index in [1.54, 1.807) is 11.3 Å². The van der Waals surface area contributed by atoms with E-state index >= 15 is 0 Å². The molecule has 0 radical (unpaired) electrons. The molecule has 2 aromatic rings. The summed E-state index contributed by atoms with van der Waals surface area (Å²) in [6.07, 6.45) is 5.01. The number of aromatic nitrogens is 2. The molecule has 0 bridgehead atoms. The molecule has 140 valence electrons. The van der Waals surface area contributed by atoms with E-state index in [-0.39, 0.29) is 11.5 Å². The number of amides is 1. The van der Waals surface area contributed by atoms with Gasteiger partial charge in [-0.3, -0.25) is 14.2 Å². The van der Waals surface area contributed by atoms with Gasteiger partial charge in [-0.25, -0.2) is 4.98 Å². The lowest BCUT2D eigenvalue weighted by Gasteiger charge is -2.36. The maximum Gasteiger partial charge on any atom is 0.263 e. The second kappa shape index (κ2) is 7.02. The Morgan fingerprint density at radius 1 is 1.12 bits per heavy atom. The molecule has 0 N–H and O–H groups in total. The highest BCUT2D eigenvalue weighted by Gasteiger charge is 2.26. The fourth-order valence-electron chi connectivity index (χ4n) is 4.13. The Hall–Kier alpha value is -1.89. The third-order valence-corrected chi connectivity index (χ3v) is 6.77. The van der Waals surface area contributed by atoms with Gasteiger partial charge in [0.25, 0.3) is 5.56 Å². The van der Waals surface area contributed by atoms with E-state index in [4.69, 9.17) is 4.98 Å². The first-order chi connectivity index (χ1) is 12.6. The minimum Gasteiger partial charge on any atom is -0.339 e. The van der Waals surface area contributed by atoms with Crippen molar-refractivity contribution in [1.82, 2.24) is 14.5 Å². The molecule has 1 fully saturated rings. The molecular formula is C19H26N4O2S. The van der Waals surface area contributed by atoms with Crippen LogP contribution in [0.15, 0.2) is 4.79 Å². The molecule has 0 saturated carbocycles. The lowest BCUT2D eigenvalue weighted by Crippen LogP contribution is -2.50. The largest absolute Gasteiger partial charge is 0.339 e. The van der Waals surface area contributed by atoms with Crippen LogP contribution in [-0.2, 0) is 24.2 Å². The minimum atomic E-state index is 0.110. The Balaban J connectivity index is 1.72. The Labute approximate surface area is 157 Å². The molecule has 1 aliphatic carbocycles. The maximum atomic E-state index is 13.2. The highest BCUT2D eigenvalue weighted by atomic mass is 32.1. The first kappa shape index (κ1) is 17.5. The SMILES string of the molecule is CCC(=O)N1CCN(c2nc3sc4c(c3c(=O)n2CC)CCCC4)CC1. The number of piperazine rings is 1. The molecule has 0 atom stereocenters. The summed E-state index contributed by atoms with van der Waals surface area (Å²) in [7, 11) is 0. The molecule has 2 aromatic heterocycles. The van der Waals surface area contributed by atoms with Crippen molar-refractivity contribution in [3.63, 3.8) is 0 Å². The van der Waals surface area contributed by atoms with E-state index in [1.807, 2.05) is 23.3 Å². The highest BCUT2D eigenvalue weighted by molar-refractivity contribution is 7.18. The summed E-state index contributed by atoms with van der Waals surface area (Å²) in [5, 5.41) is 0.857. The molecule has 1 amide bonds. The normalized spacial score (nSPS) is 17.6. The highest BCUT2D eigenvalue weighted by Crippen LogP contribution is 2.34. The number of aryl methyl sites for hydroxylation is 2. The van der Waals surface area contributed by atoms with Crippen molar-refractivity contribution in [3.05, 3.63) is 20.8 Å². The van der Waals surface area contributed by atoms with Crippen molar-refractivity contribution in [1.29, 1.82) is 0 Å². The summed E-state index contributed by atoms with van der Waals surface area (Å²) < 4.78 is 1.82. The Kier molecular flexibility index (Phi) is 4.73. The fraction of sp³-hybridized carbons (Fsp3) is 0.632. The van der Waals surface area contributed by atoms with E-state index in [2.05, 4.69) is 4.90 Å². The molecule has 6 nitrogen and oxygen atoms in total. The standard InChI is InChI=1S/C19H26N4O2S/c1-3-15(24)21-9-11-22(12-10-21)19-20-17-16(18(25)23(19)4-2)13-7-5-6-8-14(13)26-17/h3-12H2,1-2H3. The fourth-order valence-corrected chi connectivity index (χ4v) is 5.38. The van der Waals surface area contributed by atoms with Gasteiger partial charge in [-0.1, -0.05) is 6.92 Å². The number of nitrogens with zero attached hydrogens (tertiary/aromatic N) is 4. The minimum absolute atomic E-state index is 0.110. The summed E-state index contributed by atoms with van der Waals surface area (Å²) in [5.74, 6) is 0.971. The lowest BCUT2D eigenvalue weighted by atomic mass is 9.97. The van der Waals surface area contributed by atoms with Crippen molar-refractivity contribution < 1.29 is 4.79 Å². The molecule has 4 rings (SSSR count). The van der Waals surface area contributed by atoms with Gasteiger partial charge in [-0.2, -0.15) is 0 Å². The third-order valence-electron chi connectivity index (χ3n) is 5.59. The Morgan fingerprint density at radius 3 is 2.54 bits per heavy atom. The molecule has 0 unspecified atom stereocenters. The first-order valence-corrected chi connectivity index (χ1v) is 10.5. The first-order valence-electron chi connectivity index (χ1n) is 9.71. The predicted octanol–water partition coefficient (Wildman–Crippen LogP) is 2.42. The average Bonchev–Trinajstić information content (AvgIpc) is 3.06. The van der Waals surface area contributed by atoms with Gasteiger partial charge in [0, 0.05) is 44.0 Å². The summed E-state index contributed by atoms with van der Waals surface area (Å²) in [6, 6.07) is 0. The summed E-state index contributed by atoms with van der Waals surface area (Å²) in [6.45, 7) is 7.39. The van der Waals surface area contributed by atoms with Gasteiger partial charge in [0.15, 0.2) is 0 Å². The molecule has 7 heteroatoms. The zero-order chi connectivity index (χ0) is 18.3. The second-order valence-electron chi connectivity index (χ2n) is 7.07. The monoisotopic (exact) mass is 374 g/mol. The van der Waals surface area contributed by atoms with Gasteiger partial charge in [0.2, 0.25) is 11.9 Å². The van der Waals surface area contributed by atoms with Gasteiger partial charge < -0.3 is 9.80 Å². The van der Waals surface area contributed by atoms with Gasteiger partial charge in [-0.15, -0.1) is 11.3 Å². The number of rotatable bonds is 3. The Morgan fingerprint density at radius 2 is 1.85 bits per heavy atom. The molecule has 1 aliphatic heterocycles. The van der Waals surface area contributed by atoms with Gasteiger partial charge >= 0.3 is 0 Å². The quantitative estimate of drug-likeness (QED) is 0.828. The maximum absolute atomic E-state index is 13.2. The summed E-state index contributed by atoms with van der Waals surface area (Å²) >= 11 is 1.70. The lowest BCUT2D eigenvalue weighted by molar-refractivity contribution is -0.131. The smallest absolute Gasteiger partial charge is 0.263 e. The van der Waals surface area contributed by atoms with Crippen LogP contribution in [0.5, 0.6) is 0 Å². The van der Waals surface area contributed by atoms with Crippen LogP contribution in [0.4, 0.5) is 5.95 Å². The van der Waals surface area contributed by atoms with Crippen LogP contribution < -0.4 is 10.5 Å². The molecule has 2 aliphatic rings. The average molecular weight is 375 g/mol. The van der Waals surface area contributed by atoms with E-state index in [9.17, 15) is 9.59 Å². The molecular weight excluding hydrogens is 348 g/mol. The van der Waals surface area contributed by atoms with Crippen molar-refractivity contribution in [2.24, 2.45) is 0 Å². The number of fused-ring (bicyclic) bond motifs is 3. The number of anilines is 1. The van der Waals surface area contributed by atoms with Crippen molar-refractivity contribution in [2.45, 2.75) is 52.5 Å². The Bertz CT molecular complexity index is 893. The van der Waals surface area contributed by atoms with Crippen LogP contribution in [0.3, 0.4) is 0 Å². The van der Waals surface area contributed by atoms with E-state index in [0.29, 0.717) is 26.1 Å². The molecule has 0 spiro atoms. The van der Waals surface area contributed by atoms with Crippen LogP contribution in [0.1, 0.15) is 43.6 Å². The van der Waals surface area contributed by atoms with Gasteiger partial charge in [0.1, 0.15) is 4.83 Å². The summed E-state index contributed by atoms with van der Waals surface area (Å²) in [5.41, 5.74) is 1.36. The zero-order valence-electron chi connectivity index (χ0n) is 15.6. The van der Waals surface area contributed by atoms with Gasteiger partial charge in [0.05, 0.1) is 5.39 Å².